The molecule has 1 heterocycles. The molecule has 0 aromatic heterocycles. The van der Waals surface area contributed by atoms with E-state index in [9.17, 15) is 9.59 Å². The molecule has 0 aliphatic carbocycles. The van der Waals surface area contributed by atoms with E-state index in [-0.39, 0.29) is 11.8 Å². The summed E-state index contributed by atoms with van der Waals surface area (Å²) in [5.41, 5.74) is 1.08. The van der Waals surface area contributed by atoms with Crippen LogP contribution in [-0.4, -0.2) is 36.5 Å². The molecule has 0 atom stereocenters. The maximum atomic E-state index is 12.2. The molecule has 1 aromatic rings. The highest BCUT2D eigenvalue weighted by atomic mass is 16.5. The van der Waals surface area contributed by atoms with E-state index in [4.69, 9.17) is 4.74 Å². The fraction of sp³-hybridized carbons (Fsp3) is 0.556. The van der Waals surface area contributed by atoms with Gasteiger partial charge in [-0.1, -0.05) is 38.3 Å². The van der Waals surface area contributed by atoms with Gasteiger partial charge < -0.3 is 4.74 Å². The minimum atomic E-state index is -0.150. The smallest absolute Gasteiger partial charge is 0.261 e. The predicted octanol–water partition coefficient (Wildman–Crippen LogP) is 3.66. The van der Waals surface area contributed by atoms with Gasteiger partial charge in [0.15, 0.2) is 0 Å². The third-order valence-electron chi connectivity index (χ3n) is 3.94. The summed E-state index contributed by atoms with van der Waals surface area (Å²) in [6.45, 7) is 4.34. The second-order valence-corrected chi connectivity index (χ2v) is 5.69. The van der Waals surface area contributed by atoms with E-state index in [0.29, 0.717) is 17.7 Å². The topological polar surface area (TPSA) is 46.6 Å². The third-order valence-corrected chi connectivity index (χ3v) is 3.94. The van der Waals surface area contributed by atoms with Crippen molar-refractivity contribution in [2.75, 3.05) is 19.8 Å². The third kappa shape index (κ3) is 4.17. The highest BCUT2D eigenvalue weighted by Gasteiger charge is 2.34. The summed E-state index contributed by atoms with van der Waals surface area (Å²) in [4.78, 5) is 25.7. The molecular formula is C18H25NO3. The number of fused-ring (bicyclic) bond motifs is 1. The van der Waals surface area contributed by atoms with Crippen LogP contribution in [0.5, 0.6) is 0 Å². The van der Waals surface area contributed by atoms with Gasteiger partial charge in [-0.25, -0.2) is 0 Å². The first-order valence-electron chi connectivity index (χ1n) is 8.28. The summed E-state index contributed by atoms with van der Waals surface area (Å²) in [6.07, 6.45) is 6.30. The number of hydrogen-bond acceptors (Lipinski definition) is 3. The van der Waals surface area contributed by atoms with Gasteiger partial charge in [0.05, 0.1) is 11.1 Å². The summed E-state index contributed by atoms with van der Waals surface area (Å²) < 4.78 is 5.51. The summed E-state index contributed by atoms with van der Waals surface area (Å²) in [7, 11) is 0. The van der Waals surface area contributed by atoms with Gasteiger partial charge in [-0.05, 0) is 31.4 Å². The summed E-state index contributed by atoms with van der Waals surface area (Å²) in [5.74, 6) is -0.299. The van der Waals surface area contributed by atoms with Crippen molar-refractivity contribution in [3.05, 3.63) is 35.4 Å². The predicted molar refractivity (Wildman–Crippen MR) is 86.0 cm³/mol. The molecule has 0 saturated carbocycles. The molecule has 0 bridgehead atoms. The molecule has 2 rings (SSSR count). The Kier molecular flexibility index (Phi) is 6.59. The van der Waals surface area contributed by atoms with Crippen molar-refractivity contribution < 1.29 is 14.3 Å². The number of unbranched alkanes of at least 4 members (excludes halogenated alkanes) is 4. The maximum absolute atomic E-state index is 12.2. The van der Waals surface area contributed by atoms with E-state index in [0.717, 1.165) is 45.3 Å². The average Bonchev–Trinajstić information content (AvgIpc) is 2.78. The van der Waals surface area contributed by atoms with Crippen LogP contribution in [0.4, 0.5) is 0 Å². The Hall–Kier alpha value is -1.68. The van der Waals surface area contributed by atoms with E-state index in [1.807, 2.05) is 0 Å². The molecule has 0 saturated heterocycles. The second kappa shape index (κ2) is 8.69. The van der Waals surface area contributed by atoms with Gasteiger partial charge in [-0.2, -0.15) is 0 Å². The molecule has 4 nitrogen and oxygen atoms in total. The Morgan fingerprint density at radius 3 is 2.09 bits per heavy atom. The van der Waals surface area contributed by atoms with Crippen LogP contribution in [0.25, 0.3) is 0 Å². The van der Waals surface area contributed by atoms with Gasteiger partial charge in [-0.3, -0.25) is 14.5 Å². The number of hydrogen-bond donors (Lipinski definition) is 0. The van der Waals surface area contributed by atoms with Crippen LogP contribution in [0.1, 0.15) is 66.2 Å². The van der Waals surface area contributed by atoms with Crippen molar-refractivity contribution in [1.29, 1.82) is 0 Å². The first-order chi connectivity index (χ1) is 10.8. The Morgan fingerprint density at radius 2 is 1.45 bits per heavy atom. The van der Waals surface area contributed by atoms with Gasteiger partial charge in [0, 0.05) is 19.8 Å². The van der Waals surface area contributed by atoms with E-state index in [2.05, 4.69) is 6.92 Å². The average molecular weight is 303 g/mol. The van der Waals surface area contributed by atoms with Crippen molar-refractivity contribution in [2.24, 2.45) is 0 Å². The number of carbonyl (C=O) groups excluding carboxylic acids is 2. The lowest BCUT2D eigenvalue weighted by atomic mass is 10.1. The van der Waals surface area contributed by atoms with Gasteiger partial charge in [0.25, 0.3) is 11.8 Å². The lowest BCUT2D eigenvalue weighted by Gasteiger charge is -2.13. The maximum Gasteiger partial charge on any atom is 0.261 e. The van der Waals surface area contributed by atoms with Gasteiger partial charge >= 0.3 is 0 Å². The van der Waals surface area contributed by atoms with Crippen molar-refractivity contribution in [3.8, 4) is 0 Å². The molecule has 0 radical (unpaired) electrons. The monoisotopic (exact) mass is 303 g/mol. The molecule has 0 unspecified atom stereocenters. The first kappa shape index (κ1) is 16.7. The number of nitrogens with zero attached hydrogens (tertiary/aromatic N) is 1. The molecule has 4 heteroatoms. The molecule has 1 aliphatic heterocycles. The Balaban J connectivity index is 1.63. The van der Waals surface area contributed by atoms with Crippen LogP contribution in [0, 0.1) is 0 Å². The van der Waals surface area contributed by atoms with E-state index >= 15 is 0 Å². The van der Waals surface area contributed by atoms with Crippen molar-refractivity contribution in [2.45, 2.75) is 45.4 Å². The molecule has 22 heavy (non-hydrogen) atoms. The van der Waals surface area contributed by atoms with Crippen LogP contribution in [0.2, 0.25) is 0 Å². The molecule has 2 amide bonds. The molecule has 120 valence electrons. The van der Waals surface area contributed by atoms with Crippen molar-refractivity contribution in [3.63, 3.8) is 0 Å². The zero-order valence-corrected chi connectivity index (χ0v) is 13.3. The van der Waals surface area contributed by atoms with Crippen molar-refractivity contribution in [1.82, 2.24) is 4.90 Å². The standard InChI is InChI=1S/C18H25NO3/c1-2-3-13-22-14-9-5-4-8-12-19-17(20)15-10-6-7-11-16(15)18(19)21/h6-7,10-11H,2-5,8-9,12-14H2,1H3. The molecule has 0 fully saturated rings. The normalized spacial score (nSPS) is 13.8. The number of ether oxygens (including phenoxy) is 1. The summed E-state index contributed by atoms with van der Waals surface area (Å²) in [6, 6.07) is 7.05. The van der Waals surface area contributed by atoms with Crippen LogP contribution in [-0.2, 0) is 4.74 Å². The zero-order chi connectivity index (χ0) is 15.8. The van der Waals surface area contributed by atoms with Crippen LogP contribution < -0.4 is 0 Å². The first-order valence-corrected chi connectivity index (χ1v) is 8.28. The minimum Gasteiger partial charge on any atom is -0.381 e. The zero-order valence-electron chi connectivity index (χ0n) is 13.3. The molecule has 1 aliphatic rings. The number of benzene rings is 1. The Morgan fingerprint density at radius 1 is 0.864 bits per heavy atom. The van der Waals surface area contributed by atoms with Crippen LogP contribution in [0.15, 0.2) is 24.3 Å². The second-order valence-electron chi connectivity index (χ2n) is 5.69. The van der Waals surface area contributed by atoms with E-state index in [1.165, 1.54) is 11.3 Å². The summed E-state index contributed by atoms with van der Waals surface area (Å²) in [5, 5.41) is 0. The number of carbonyl (C=O) groups is 2. The summed E-state index contributed by atoms with van der Waals surface area (Å²) >= 11 is 0. The minimum absolute atomic E-state index is 0.150. The van der Waals surface area contributed by atoms with E-state index in [1.54, 1.807) is 24.3 Å². The fourth-order valence-electron chi connectivity index (χ4n) is 2.62. The number of rotatable bonds is 10. The van der Waals surface area contributed by atoms with Gasteiger partial charge in [0.1, 0.15) is 0 Å². The lowest BCUT2D eigenvalue weighted by molar-refractivity contribution is 0.0650. The molecule has 1 aromatic carbocycles. The Labute approximate surface area is 132 Å². The SMILES string of the molecule is CCCCOCCCCCCN1C(=O)c2ccccc2C1=O. The fourth-order valence-corrected chi connectivity index (χ4v) is 2.62. The van der Waals surface area contributed by atoms with E-state index < -0.39 is 0 Å². The Bertz CT molecular complexity index is 478. The van der Waals surface area contributed by atoms with Crippen LogP contribution >= 0.6 is 0 Å². The van der Waals surface area contributed by atoms with Crippen LogP contribution in [0.3, 0.4) is 0 Å². The van der Waals surface area contributed by atoms with Gasteiger partial charge in [-0.15, -0.1) is 0 Å². The lowest BCUT2D eigenvalue weighted by Crippen LogP contribution is -2.30. The molecular weight excluding hydrogens is 278 g/mol. The quantitative estimate of drug-likeness (QED) is 0.489. The van der Waals surface area contributed by atoms with Gasteiger partial charge in [0.2, 0.25) is 0 Å². The largest absolute Gasteiger partial charge is 0.381 e. The number of imide groups is 1. The molecule has 0 spiro atoms. The highest BCUT2D eigenvalue weighted by molar-refractivity contribution is 6.21. The van der Waals surface area contributed by atoms with Crippen molar-refractivity contribution >= 4 is 11.8 Å². The highest BCUT2D eigenvalue weighted by Crippen LogP contribution is 2.22. The number of amides is 2. The molecule has 0 N–H and O–H groups in total.